The molecule has 0 aliphatic carbocycles. The average molecular weight is 618 g/mol. The molecule has 0 N–H and O–H groups in total. The Morgan fingerprint density at radius 3 is 1.79 bits per heavy atom. The van der Waals surface area contributed by atoms with Crippen molar-refractivity contribution in [2.45, 2.75) is 12.8 Å². The Morgan fingerprint density at radius 1 is 0.447 bits per heavy atom. The van der Waals surface area contributed by atoms with Gasteiger partial charge in [0.1, 0.15) is 11.2 Å². The van der Waals surface area contributed by atoms with Crippen LogP contribution in [-0.4, -0.2) is 0 Å². The monoisotopic (exact) mass is 617 g/mol. The lowest BCUT2D eigenvalue weighted by Gasteiger charge is -2.17. The highest BCUT2D eigenvalue weighted by molar-refractivity contribution is 6.13. The van der Waals surface area contributed by atoms with E-state index in [-0.39, 0.29) is 55.4 Å². The Labute approximate surface area is 298 Å². The molecule has 0 unspecified atom stereocenters. The van der Waals surface area contributed by atoms with Crippen LogP contribution < -0.4 is 0 Å². The van der Waals surface area contributed by atoms with Gasteiger partial charge in [-0.2, -0.15) is 0 Å². The minimum atomic E-state index is -0.708. The summed E-state index contributed by atoms with van der Waals surface area (Å²) < 4.78 is 157. The molecule has 1 aromatic heterocycles. The van der Waals surface area contributed by atoms with Crippen molar-refractivity contribution in [3.05, 3.63) is 192 Å². The zero-order chi connectivity index (χ0) is 46.0. The number of hydrogen-bond donors (Lipinski definition) is 0. The minimum Gasteiger partial charge on any atom is -0.456 e. The number of benzene rings is 8. The lowest BCUT2D eigenvalue weighted by molar-refractivity contribution is 0.669. The molecule has 1 heteroatoms. The predicted octanol–water partition coefficient (Wildman–Crippen LogP) is 12.4. The molecule has 8 aromatic carbocycles. The van der Waals surface area contributed by atoms with E-state index in [0.717, 1.165) is 16.5 Å². The fraction of sp³-hybridized carbons (Fsp3) is 0.0435. The topological polar surface area (TPSA) is 13.1 Å². The van der Waals surface area contributed by atoms with E-state index in [2.05, 4.69) is 0 Å². The van der Waals surface area contributed by atoms with E-state index in [9.17, 15) is 6.85 Å². The van der Waals surface area contributed by atoms with E-state index in [1.807, 2.05) is 48.5 Å². The summed E-state index contributed by atoms with van der Waals surface area (Å²) in [5.41, 5.74) is 2.50. The zero-order valence-electron chi connectivity index (χ0n) is 41.7. The van der Waals surface area contributed by atoms with Crippen LogP contribution in [0.3, 0.4) is 0 Å². The molecular formula is C46H32O. The van der Waals surface area contributed by atoms with Crippen LogP contribution >= 0.6 is 0 Å². The number of fused-ring (bicyclic) bond motifs is 5. The Hall–Kier alpha value is -5.92. The molecule has 1 nitrogen and oxygen atoms in total. The normalized spacial score (nSPS) is 16.6. The maximum absolute atomic E-state index is 9.64. The van der Waals surface area contributed by atoms with E-state index < -0.39 is 110 Å². The lowest BCUT2D eigenvalue weighted by atomic mass is 9.86. The summed E-state index contributed by atoms with van der Waals surface area (Å²) >= 11 is 0. The second-order valence-corrected chi connectivity index (χ2v) is 11.1. The van der Waals surface area contributed by atoms with Gasteiger partial charge in [-0.15, -0.1) is 0 Å². The molecule has 0 aliphatic heterocycles. The van der Waals surface area contributed by atoms with Crippen LogP contribution in [0.4, 0.5) is 0 Å². The maximum Gasteiger partial charge on any atom is 0.136 e. The van der Waals surface area contributed by atoms with Crippen LogP contribution in [0.2, 0.25) is 0 Å². The van der Waals surface area contributed by atoms with Crippen LogP contribution in [-0.2, 0) is 12.8 Å². The molecule has 0 radical (unpaired) electrons. The summed E-state index contributed by atoms with van der Waals surface area (Å²) in [5, 5.41) is 0.445. The van der Waals surface area contributed by atoms with Crippen molar-refractivity contribution in [3.63, 3.8) is 0 Å². The quantitative estimate of drug-likeness (QED) is 0.169. The fourth-order valence-electron chi connectivity index (χ4n) is 6.31. The first-order valence-corrected chi connectivity index (χ1v) is 15.0. The van der Waals surface area contributed by atoms with Gasteiger partial charge in [-0.1, -0.05) is 151 Å². The first-order valence-electron chi connectivity index (χ1n) is 23.5. The van der Waals surface area contributed by atoms with Crippen molar-refractivity contribution in [1.29, 1.82) is 0 Å². The van der Waals surface area contributed by atoms with Gasteiger partial charge >= 0.3 is 0 Å². The second kappa shape index (κ2) is 11.5. The van der Waals surface area contributed by atoms with Crippen LogP contribution in [0, 0.1) is 0 Å². The highest BCUT2D eigenvalue weighted by atomic mass is 16.3. The third-order valence-electron chi connectivity index (χ3n) is 8.39. The van der Waals surface area contributed by atoms with Gasteiger partial charge in [0, 0.05) is 10.8 Å². The second-order valence-electron chi connectivity index (χ2n) is 11.1. The zero-order valence-corrected chi connectivity index (χ0v) is 24.7. The van der Waals surface area contributed by atoms with Gasteiger partial charge in [0.2, 0.25) is 0 Å². The first kappa shape index (κ1) is 15.1. The van der Waals surface area contributed by atoms with Crippen molar-refractivity contribution in [1.82, 2.24) is 0 Å². The lowest BCUT2D eigenvalue weighted by Crippen LogP contribution is -1.98. The fourth-order valence-corrected chi connectivity index (χ4v) is 6.31. The third-order valence-corrected chi connectivity index (χ3v) is 8.39. The van der Waals surface area contributed by atoms with Gasteiger partial charge in [0.05, 0.1) is 23.3 Å². The molecular weight excluding hydrogens is 569 g/mol. The van der Waals surface area contributed by atoms with Gasteiger partial charge in [0.25, 0.3) is 0 Å². The van der Waals surface area contributed by atoms with Gasteiger partial charge in [-0.25, -0.2) is 0 Å². The minimum absolute atomic E-state index is 0.0281. The molecule has 222 valence electrons. The van der Waals surface area contributed by atoms with Gasteiger partial charge in [0.15, 0.2) is 0 Å². The summed E-state index contributed by atoms with van der Waals surface area (Å²) in [6.45, 7) is 0. The summed E-state index contributed by atoms with van der Waals surface area (Å²) in [6, 6.07) is 9.89. The van der Waals surface area contributed by atoms with Crippen LogP contribution in [0.15, 0.2) is 174 Å². The van der Waals surface area contributed by atoms with Crippen molar-refractivity contribution in [3.8, 4) is 22.3 Å². The molecule has 0 fully saturated rings. The number of hydrogen-bond acceptors (Lipinski definition) is 1. The summed E-state index contributed by atoms with van der Waals surface area (Å²) in [5.74, 6) is 0. The van der Waals surface area contributed by atoms with Crippen molar-refractivity contribution in [2.75, 3.05) is 0 Å². The SMILES string of the molecule is [2H]c1c([2H])c([2H])c(Cc2c3c([2H])c([2H])c([2H])c([2H])c3c(Cc3c([2H])c([2H])c([2H])c(-c4ccc5oc6cccc(-c7ccccc7)c6c5c4)c3[2H])c3c([2H])c([2H])c([2H])c([2H])c23)c([2H])c1[2H]. The Bertz CT molecular complexity index is 3420. The van der Waals surface area contributed by atoms with Crippen LogP contribution in [0.5, 0.6) is 0 Å². The van der Waals surface area contributed by atoms with Crippen LogP contribution in [0.1, 0.15) is 45.6 Å². The van der Waals surface area contributed by atoms with E-state index in [1.165, 1.54) is 0 Å². The largest absolute Gasteiger partial charge is 0.456 e. The Morgan fingerprint density at radius 2 is 1.09 bits per heavy atom. The predicted molar refractivity (Wildman–Crippen MR) is 198 cm³/mol. The molecule has 0 amide bonds. The Kier molecular flexibility index (Phi) is 3.69. The number of rotatable bonds is 6. The third kappa shape index (κ3) is 4.88. The molecule has 47 heavy (non-hydrogen) atoms. The van der Waals surface area contributed by atoms with Crippen molar-refractivity contribution in [2.24, 2.45) is 0 Å². The molecule has 0 spiro atoms. The standard InChI is InChI=1S/C46H32O/c1-3-13-31(14-4-1)28-41-37-19-7-9-21-39(37)42(40-22-10-8-20-38(40)41)29-32-15-11-18-34(27-32)35-25-26-44-43(30-35)46-36(23-12-24-45(46)47-44)33-16-5-2-6-17-33/h1-27,30H,28-29H2/i1D,3D,4D,7D,8D,9D,10D,11D,13D,14D,15D,18D,19D,20D,21D,22D,27D. The Balaban J connectivity index is 1.36. The maximum atomic E-state index is 9.64. The molecule has 0 bridgehead atoms. The van der Waals surface area contributed by atoms with Gasteiger partial charge in [-0.3, -0.25) is 0 Å². The first-order chi connectivity index (χ1) is 30.4. The van der Waals surface area contributed by atoms with E-state index in [4.69, 9.17) is 20.9 Å². The smallest absolute Gasteiger partial charge is 0.136 e. The van der Waals surface area contributed by atoms with Crippen molar-refractivity contribution < 1.29 is 27.7 Å². The van der Waals surface area contributed by atoms with E-state index in [1.54, 1.807) is 18.2 Å². The summed E-state index contributed by atoms with van der Waals surface area (Å²) in [6.07, 6.45) is -1.18. The molecule has 1 heterocycles. The molecule has 0 saturated heterocycles. The van der Waals surface area contributed by atoms with Gasteiger partial charge < -0.3 is 4.42 Å². The average Bonchev–Trinajstić information content (AvgIpc) is 3.68. The molecule has 9 aromatic rings. The molecule has 0 aliphatic rings. The highest BCUT2D eigenvalue weighted by Gasteiger charge is 2.16. The number of furan rings is 1. The summed E-state index contributed by atoms with van der Waals surface area (Å²) in [4.78, 5) is 0. The van der Waals surface area contributed by atoms with E-state index >= 15 is 0 Å². The highest BCUT2D eigenvalue weighted by Crippen LogP contribution is 2.39. The van der Waals surface area contributed by atoms with Gasteiger partial charge in [-0.05, 0) is 97.1 Å². The summed E-state index contributed by atoms with van der Waals surface area (Å²) in [7, 11) is 0. The molecule has 9 rings (SSSR count). The van der Waals surface area contributed by atoms with Crippen molar-refractivity contribution >= 4 is 43.5 Å². The van der Waals surface area contributed by atoms with Crippen LogP contribution in [0.25, 0.3) is 65.7 Å². The molecule has 0 atom stereocenters. The molecule has 0 saturated carbocycles. The van der Waals surface area contributed by atoms with E-state index in [0.29, 0.717) is 22.1 Å².